The first-order valence-corrected chi connectivity index (χ1v) is 20.3. The number of carbonyl (C=O) groups is 3. The molecule has 5 aromatic rings. The standard InChI is InChI=1S/C48H46O14/c1-53-47-42(60-45(52)33-23-13-5-14-24-33)41(59-44(51)32-21-11-4-12-22-32)39(36(57-47)28-55-43(50)31-19-9-3-10-20-31)62-48-40(54-27-30-17-7-2-8-18-30)37(49)38-35(58-48)29-56-46(61-38)34-25-15-6-16-26-34/h2-26,35-42,46-49H,27-29H2,1H3/t35-,36-,37-,38+,39-,40-,41+,42-,46-,47-,48+/m1/s1. The van der Waals surface area contributed by atoms with Gasteiger partial charge in [-0.15, -0.1) is 0 Å². The predicted molar refractivity (Wildman–Crippen MR) is 218 cm³/mol. The molecule has 11 atom stereocenters. The quantitative estimate of drug-likeness (QED) is 0.105. The van der Waals surface area contributed by atoms with Crippen molar-refractivity contribution < 1.29 is 66.9 Å². The molecule has 322 valence electrons. The third-order valence-electron chi connectivity index (χ3n) is 10.7. The molecule has 3 fully saturated rings. The number of hydrogen-bond acceptors (Lipinski definition) is 14. The maximum Gasteiger partial charge on any atom is 0.338 e. The highest BCUT2D eigenvalue weighted by Gasteiger charge is 2.56. The van der Waals surface area contributed by atoms with Gasteiger partial charge in [-0.25, -0.2) is 14.4 Å². The normalized spacial score (nSPS) is 28.2. The summed E-state index contributed by atoms with van der Waals surface area (Å²) >= 11 is 0. The van der Waals surface area contributed by atoms with Crippen molar-refractivity contribution in [2.45, 2.75) is 74.3 Å². The van der Waals surface area contributed by atoms with Crippen LogP contribution in [0.25, 0.3) is 0 Å². The molecule has 3 aliphatic heterocycles. The zero-order valence-corrected chi connectivity index (χ0v) is 33.7. The topological polar surface area (TPSA) is 164 Å². The van der Waals surface area contributed by atoms with Crippen molar-refractivity contribution in [3.8, 4) is 0 Å². The van der Waals surface area contributed by atoms with E-state index in [0.29, 0.717) is 0 Å². The minimum atomic E-state index is -1.50. The SMILES string of the molecule is CO[C@@H]1O[C@H](COC(=O)c2ccccc2)[C@@H](O[C@@H]2O[C@@H]3CO[C@@H](c4ccccc4)O[C@@H]3[C@@H](O)[C@H]2OCc2ccccc2)[C@H](OC(=O)c2ccccc2)[C@H]1OC(=O)c1ccccc1. The minimum Gasteiger partial charge on any atom is -0.459 e. The Kier molecular flexibility index (Phi) is 14.1. The van der Waals surface area contributed by atoms with E-state index in [-0.39, 0.29) is 29.9 Å². The van der Waals surface area contributed by atoms with Gasteiger partial charge in [0.1, 0.15) is 43.2 Å². The lowest BCUT2D eigenvalue weighted by Gasteiger charge is -2.50. The van der Waals surface area contributed by atoms with Crippen LogP contribution < -0.4 is 0 Å². The maximum absolute atomic E-state index is 14.0. The van der Waals surface area contributed by atoms with Crippen LogP contribution in [0.3, 0.4) is 0 Å². The first-order valence-electron chi connectivity index (χ1n) is 20.3. The Morgan fingerprint density at radius 1 is 0.597 bits per heavy atom. The van der Waals surface area contributed by atoms with E-state index in [9.17, 15) is 19.5 Å². The van der Waals surface area contributed by atoms with Crippen molar-refractivity contribution in [2.75, 3.05) is 20.3 Å². The summed E-state index contributed by atoms with van der Waals surface area (Å²) in [5.74, 6) is -2.22. The number of fused-ring (bicyclic) bond motifs is 1. The molecule has 14 nitrogen and oxygen atoms in total. The van der Waals surface area contributed by atoms with Gasteiger partial charge in [0.15, 0.2) is 31.1 Å². The summed E-state index contributed by atoms with van der Waals surface area (Å²) in [7, 11) is 1.33. The number of carbonyl (C=O) groups excluding carboxylic acids is 3. The lowest BCUT2D eigenvalue weighted by Crippen LogP contribution is -2.67. The molecule has 0 bridgehead atoms. The zero-order valence-electron chi connectivity index (χ0n) is 33.7. The average molecular weight is 847 g/mol. The number of hydrogen-bond donors (Lipinski definition) is 1. The second-order valence-corrected chi connectivity index (χ2v) is 14.8. The van der Waals surface area contributed by atoms with E-state index in [1.54, 1.807) is 91.0 Å². The highest BCUT2D eigenvalue weighted by atomic mass is 16.8. The summed E-state index contributed by atoms with van der Waals surface area (Å²) in [5, 5.41) is 12.2. The van der Waals surface area contributed by atoms with Crippen LogP contribution in [0, 0.1) is 0 Å². The highest BCUT2D eigenvalue weighted by molar-refractivity contribution is 5.90. The molecule has 5 aromatic carbocycles. The molecule has 62 heavy (non-hydrogen) atoms. The molecule has 0 aliphatic carbocycles. The van der Waals surface area contributed by atoms with Crippen molar-refractivity contribution in [1.29, 1.82) is 0 Å². The number of methoxy groups -OCH3 is 1. The van der Waals surface area contributed by atoms with Crippen LogP contribution in [-0.4, -0.2) is 105 Å². The van der Waals surface area contributed by atoms with Crippen LogP contribution in [-0.2, 0) is 54.0 Å². The lowest BCUT2D eigenvalue weighted by atomic mass is 9.95. The average Bonchev–Trinajstić information content (AvgIpc) is 3.33. The number of ether oxygens (including phenoxy) is 10. The largest absolute Gasteiger partial charge is 0.459 e. The summed E-state index contributed by atoms with van der Waals surface area (Å²) in [6.45, 7) is -0.406. The van der Waals surface area contributed by atoms with Crippen LogP contribution in [0.15, 0.2) is 152 Å². The summed E-state index contributed by atoms with van der Waals surface area (Å²) in [6.07, 6.45) is -13.6. The molecule has 0 amide bonds. The van der Waals surface area contributed by atoms with Gasteiger partial charge < -0.3 is 52.5 Å². The molecule has 1 N–H and O–H groups in total. The molecule has 8 rings (SSSR count). The van der Waals surface area contributed by atoms with Gasteiger partial charge in [0.2, 0.25) is 0 Å². The number of aliphatic hydroxyl groups excluding tert-OH is 1. The van der Waals surface area contributed by atoms with Gasteiger partial charge in [0, 0.05) is 12.7 Å². The van der Waals surface area contributed by atoms with Crippen LogP contribution in [0.4, 0.5) is 0 Å². The van der Waals surface area contributed by atoms with Crippen LogP contribution in [0.2, 0.25) is 0 Å². The molecule has 0 saturated carbocycles. The monoisotopic (exact) mass is 846 g/mol. The van der Waals surface area contributed by atoms with Gasteiger partial charge in [-0.1, -0.05) is 115 Å². The number of aliphatic hydroxyl groups is 1. The van der Waals surface area contributed by atoms with Crippen molar-refractivity contribution in [3.05, 3.63) is 179 Å². The molecular weight excluding hydrogens is 801 g/mol. The molecule has 0 radical (unpaired) electrons. The first kappa shape index (κ1) is 42.9. The second kappa shape index (κ2) is 20.4. The molecule has 3 saturated heterocycles. The van der Waals surface area contributed by atoms with Gasteiger partial charge in [-0.3, -0.25) is 0 Å². The third-order valence-corrected chi connectivity index (χ3v) is 10.7. The number of rotatable bonds is 14. The highest BCUT2D eigenvalue weighted by Crippen LogP contribution is 2.38. The van der Waals surface area contributed by atoms with E-state index in [4.69, 9.17) is 47.4 Å². The Morgan fingerprint density at radius 2 is 1.13 bits per heavy atom. The summed E-state index contributed by atoms with van der Waals surface area (Å²) < 4.78 is 62.5. The van der Waals surface area contributed by atoms with Crippen molar-refractivity contribution in [3.63, 3.8) is 0 Å². The summed E-state index contributed by atoms with van der Waals surface area (Å²) in [5.41, 5.74) is 2.21. The Labute approximate surface area is 358 Å². The maximum atomic E-state index is 14.0. The van der Waals surface area contributed by atoms with Gasteiger partial charge >= 0.3 is 17.9 Å². The van der Waals surface area contributed by atoms with Crippen LogP contribution in [0.1, 0.15) is 48.5 Å². The van der Waals surface area contributed by atoms with Gasteiger partial charge in [-0.05, 0) is 42.0 Å². The fourth-order valence-corrected chi connectivity index (χ4v) is 7.53. The Hall–Kier alpha value is -5.81. The lowest BCUT2D eigenvalue weighted by molar-refractivity contribution is -0.388. The molecule has 3 heterocycles. The second-order valence-electron chi connectivity index (χ2n) is 14.8. The molecule has 0 unspecified atom stereocenters. The Balaban J connectivity index is 1.15. The number of benzene rings is 5. The van der Waals surface area contributed by atoms with E-state index in [1.807, 2.05) is 60.7 Å². The van der Waals surface area contributed by atoms with Crippen LogP contribution >= 0.6 is 0 Å². The molecule has 3 aliphatic rings. The van der Waals surface area contributed by atoms with Crippen molar-refractivity contribution in [2.24, 2.45) is 0 Å². The summed E-state index contributed by atoms with van der Waals surface area (Å²) in [6, 6.07) is 43.4. The Morgan fingerprint density at radius 3 is 1.71 bits per heavy atom. The van der Waals surface area contributed by atoms with E-state index in [2.05, 4.69) is 0 Å². The molecule has 0 aromatic heterocycles. The predicted octanol–water partition coefficient (Wildman–Crippen LogP) is 5.84. The molecule has 0 spiro atoms. The van der Waals surface area contributed by atoms with E-state index >= 15 is 0 Å². The molecule has 14 heteroatoms. The van der Waals surface area contributed by atoms with Gasteiger partial charge in [0.05, 0.1) is 29.9 Å². The van der Waals surface area contributed by atoms with Gasteiger partial charge in [0.25, 0.3) is 0 Å². The van der Waals surface area contributed by atoms with Gasteiger partial charge in [-0.2, -0.15) is 0 Å². The first-order chi connectivity index (χ1) is 30.4. The fourth-order valence-electron chi connectivity index (χ4n) is 7.53. The van der Waals surface area contributed by atoms with Crippen molar-refractivity contribution >= 4 is 17.9 Å². The van der Waals surface area contributed by atoms with Crippen LogP contribution in [0.5, 0.6) is 0 Å². The fraction of sp³-hybridized carbons (Fsp3) is 0.312. The van der Waals surface area contributed by atoms with E-state index in [1.165, 1.54) is 7.11 Å². The minimum absolute atomic E-state index is 0.00131. The smallest absolute Gasteiger partial charge is 0.338 e. The zero-order chi connectivity index (χ0) is 42.8. The third kappa shape index (κ3) is 10.1. The Bertz CT molecular complexity index is 2200. The number of esters is 3. The van der Waals surface area contributed by atoms with Crippen molar-refractivity contribution in [1.82, 2.24) is 0 Å². The molecular formula is C48H46O14. The summed E-state index contributed by atoms with van der Waals surface area (Å²) in [4.78, 5) is 41.1. The van der Waals surface area contributed by atoms with E-state index < -0.39 is 92.2 Å². The van der Waals surface area contributed by atoms with E-state index in [0.717, 1.165) is 11.1 Å².